The molecule has 11 nitrogen and oxygen atoms in total. The summed E-state index contributed by atoms with van der Waals surface area (Å²) < 4.78 is 33.3. The number of nitrogens with two attached hydrogens (primary N) is 1. The number of ether oxygens (including phenoxy) is 2. The van der Waals surface area contributed by atoms with Crippen molar-refractivity contribution in [1.82, 2.24) is 24.2 Å². The Labute approximate surface area is 169 Å². The Morgan fingerprint density at radius 1 is 1.38 bits per heavy atom. The molecule has 0 radical (unpaired) electrons. The molecule has 3 rings (SSSR count). The number of anilines is 1. The van der Waals surface area contributed by atoms with E-state index >= 15 is 0 Å². The minimum atomic E-state index is -3.35. The standard InChI is InChI=1S/C17H27N6O5P/c1-4-27-16(24)17(2,3)23-6-5-8-28-29(23,25)12-26-9-7-22-11-21-13-14(18)19-10-20-15(13)22/h10-11H,4-9,12H2,1-3H3,(H2,18,19,20). The van der Waals surface area contributed by atoms with Gasteiger partial charge in [-0.05, 0) is 27.2 Å². The molecular weight excluding hydrogens is 399 g/mol. The van der Waals surface area contributed by atoms with Crippen molar-refractivity contribution in [2.24, 2.45) is 0 Å². The van der Waals surface area contributed by atoms with Gasteiger partial charge in [0.1, 0.15) is 23.7 Å². The SMILES string of the molecule is CCOC(=O)C(C)(C)N1CCCOP1(=O)COCCn1cnc2c(N)ncnc21. The number of rotatable bonds is 8. The van der Waals surface area contributed by atoms with Crippen LogP contribution in [0, 0.1) is 0 Å². The Hall–Kier alpha value is -2.07. The van der Waals surface area contributed by atoms with Crippen molar-refractivity contribution in [3.8, 4) is 0 Å². The van der Waals surface area contributed by atoms with Gasteiger partial charge in [0.25, 0.3) is 7.52 Å². The van der Waals surface area contributed by atoms with E-state index in [2.05, 4.69) is 15.0 Å². The fraction of sp³-hybridized carbons (Fsp3) is 0.647. The van der Waals surface area contributed by atoms with Crippen LogP contribution >= 0.6 is 7.52 Å². The number of fused-ring (bicyclic) bond motifs is 1. The normalized spacial score (nSPS) is 20.8. The van der Waals surface area contributed by atoms with Gasteiger partial charge in [-0.1, -0.05) is 0 Å². The van der Waals surface area contributed by atoms with E-state index in [4.69, 9.17) is 19.7 Å². The predicted molar refractivity (Wildman–Crippen MR) is 106 cm³/mol. The Morgan fingerprint density at radius 3 is 2.93 bits per heavy atom. The molecule has 2 aromatic heterocycles. The minimum Gasteiger partial charge on any atom is -0.465 e. The maximum atomic E-state index is 13.5. The maximum Gasteiger partial charge on any atom is 0.326 e. The van der Waals surface area contributed by atoms with Crippen molar-refractivity contribution in [1.29, 1.82) is 0 Å². The van der Waals surface area contributed by atoms with Crippen molar-refractivity contribution < 1.29 is 23.4 Å². The third-order valence-electron chi connectivity index (χ3n) is 4.76. The van der Waals surface area contributed by atoms with Gasteiger partial charge in [0.15, 0.2) is 11.5 Å². The minimum absolute atomic E-state index is 0.125. The second-order valence-electron chi connectivity index (χ2n) is 7.13. The number of imidazole rings is 1. The molecule has 0 saturated carbocycles. The van der Waals surface area contributed by atoms with Crippen molar-refractivity contribution in [3.05, 3.63) is 12.7 Å². The fourth-order valence-corrected chi connectivity index (χ4v) is 5.65. The summed E-state index contributed by atoms with van der Waals surface area (Å²) in [6, 6.07) is 0. The summed E-state index contributed by atoms with van der Waals surface area (Å²) >= 11 is 0. The second-order valence-corrected chi connectivity index (χ2v) is 9.41. The van der Waals surface area contributed by atoms with Gasteiger partial charge in [0.05, 0.1) is 26.1 Å². The van der Waals surface area contributed by atoms with Gasteiger partial charge in [-0.3, -0.25) is 9.36 Å². The van der Waals surface area contributed by atoms with Crippen LogP contribution in [-0.2, 0) is 29.9 Å². The Morgan fingerprint density at radius 2 is 2.17 bits per heavy atom. The zero-order valence-corrected chi connectivity index (χ0v) is 17.8. The molecule has 160 valence electrons. The first-order chi connectivity index (χ1) is 13.8. The summed E-state index contributed by atoms with van der Waals surface area (Å²) in [6.45, 7) is 6.90. The molecule has 0 bridgehead atoms. The third kappa shape index (κ3) is 4.42. The highest BCUT2D eigenvalue weighted by Crippen LogP contribution is 2.56. The number of carbonyl (C=O) groups is 1. The molecule has 0 amide bonds. The van der Waals surface area contributed by atoms with Crippen LogP contribution < -0.4 is 5.73 Å². The van der Waals surface area contributed by atoms with Crippen molar-refractivity contribution >= 4 is 30.5 Å². The van der Waals surface area contributed by atoms with E-state index in [1.165, 1.54) is 6.33 Å². The van der Waals surface area contributed by atoms with Crippen LogP contribution in [-0.4, -0.2) is 68.4 Å². The van der Waals surface area contributed by atoms with Gasteiger partial charge in [0, 0.05) is 13.1 Å². The number of esters is 1. The van der Waals surface area contributed by atoms with E-state index in [0.717, 1.165) is 0 Å². The average molecular weight is 426 g/mol. The fourth-order valence-electron chi connectivity index (χ4n) is 3.23. The maximum absolute atomic E-state index is 13.5. The second kappa shape index (κ2) is 8.74. The average Bonchev–Trinajstić information content (AvgIpc) is 3.10. The molecular formula is C17H27N6O5P. The van der Waals surface area contributed by atoms with E-state index in [9.17, 15) is 9.36 Å². The third-order valence-corrected chi connectivity index (χ3v) is 7.29. The highest BCUT2D eigenvalue weighted by Gasteiger charge is 2.48. The predicted octanol–water partition coefficient (Wildman–Crippen LogP) is 1.64. The van der Waals surface area contributed by atoms with Gasteiger partial charge in [-0.25, -0.2) is 19.6 Å². The van der Waals surface area contributed by atoms with Gasteiger partial charge >= 0.3 is 5.97 Å². The lowest BCUT2D eigenvalue weighted by Gasteiger charge is -2.43. The largest absolute Gasteiger partial charge is 0.465 e. The molecule has 29 heavy (non-hydrogen) atoms. The van der Waals surface area contributed by atoms with Crippen molar-refractivity contribution in [2.45, 2.75) is 39.3 Å². The van der Waals surface area contributed by atoms with Gasteiger partial charge < -0.3 is 24.3 Å². The first-order valence-electron chi connectivity index (χ1n) is 9.47. The molecule has 12 heteroatoms. The number of hydrogen-bond donors (Lipinski definition) is 1. The number of carbonyl (C=O) groups excluding carboxylic acids is 1. The lowest BCUT2D eigenvalue weighted by Crippen LogP contribution is -2.51. The summed E-state index contributed by atoms with van der Waals surface area (Å²) in [5.74, 6) is -0.126. The van der Waals surface area contributed by atoms with Crippen LogP contribution in [0.4, 0.5) is 5.82 Å². The Bertz CT molecular complexity index is 917. The van der Waals surface area contributed by atoms with Crippen molar-refractivity contribution in [3.63, 3.8) is 0 Å². The van der Waals surface area contributed by atoms with Crippen LogP contribution in [0.25, 0.3) is 11.2 Å². The van der Waals surface area contributed by atoms with E-state index < -0.39 is 19.0 Å². The molecule has 0 spiro atoms. The molecule has 0 aromatic carbocycles. The summed E-state index contributed by atoms with van der Waals surface area (Å²) in [6.07, 6.45) is 3.53. The molecule has 1 unspecified atom stereocenters. The van der Waals surface area contributed by atoms with Gasteiger partial charge in [-0.2, -0.15) is 0 Å². The van der Waals surface area contributed by atoms with E-state index in [-0.39, 0.29) is 19.6 Å². The molecule has 1 aliphatic heterocycles. The van der Waals surface area contributed by atoms with Gasteiger partial charge in [0.2, 0.25) is 0 Å². The molecule has 1 fully saturated rings. The number of nitrogens with zero attached hydrogens (tertiary/aromatic N) is 5. The zero-order chi connectivity index (χ0) is 21.1. The summed E-state index contributed by atoms with van der Waals surface area (Å²) in [4.78, 5) is 24.7. The highest BCUT2D eigenvalue weighted by molar-refractivity contribution is 7.56. The van der Waals surface area contributed by atoms with Crippen LogP contribution in [0.15, 0.2) is 12.7 Å². The quantitative estimate of drug-likeness (QED) is 0.377. The molecule has 1 aliphatic rings. The molecule has 3 heterocycles. The van der Waals surface area contributed by atoms with Crippen LogP contribution in [0.5, 0.6) is 0 Å². The zero-order valence-electron chi connectivity index (χ0n) is 16.9. The van der Waals surface area contributed by atoms with Gasteiger partial charge in [-0.15, -0.1) is 0 Å². The number of hydrogen-bond acceptors (Lipinski definition) is 9. The number of nitrogen functional groups attached to an aromatic ring is 1. The highest BCUT2D eigenvalue weighted by atomic mass is 31.2. The van der Waals surface area contributed by atoms with E-state index in [1.54, 1.807) is 36.3 Å². The lowest BCUT2D eigenvalue weighted by atomic mass is 10.1. The van der Waals surface area contributed by atoms with E-state index in [0.29, 0.717) is 43.1 Å². The lowest BCUT2D eigenvalue weighted by molar-refractivity contribution is -0.153. The Kier molecular flexibility index (Phi) is 6.52. The monoisotopic (exact) mass is 426 g/mol. The van der Waals surface area contributed by atoms with Crippen LogP contribution in [0.2, 0.25) is 0 Å². The summed E-state index contributed by atoms with van der Waals surface area (Å²) in [5.41, 5.74) is 5.84. The molecule has 1 atom stereocenters. The number of aromatic nitrogens is 4. The van der Waals surface area contributed by atoms with E-state index in [1.807, 2.05) is 0 Å². The topological polar surface area (TPSA) is 135 Å². The Balaban J connectivity index is 1.63. The molecule has 2 aromatic rings. The molecule has 0 aliphatic carbocycles. The summed E-state index contributed by atoms with van der Waals surface area (Å²) in [7, 11) is -3.35. The molecule has 1 saturated heterocycles. The van der Waals surface area contributed by atoms with Crippen molar-refractivity contribution in [2.75, 3.05) is 38.4 Å². The first-order valence-corrected chi connectivity index (χ1v) is 11.2. The van der Waals surface area contributed by atoms with Crippen LogP contribution in [0.3, 0.4) is 0 Å². The first kappa shape index (κ1) is 21.6. The van der Waals surface area contributed by atoms with Crippen LogP contribution in [0.1, 0.15) is 27.2 Å². The smallest absolute Gasteiger partial charge is 0.326 e. The summed E-state index contributed by atoms with van der Waals surface area (Å²) in [5, 5.41) is 0. The molecule has 2 N–H and O–H groups in total.